The topological polar surface area (TPSA) is 78.5 Å². The van der Waals surface area contributed by atoms with Gasteiger partial charge in [0.1, 0.15) is 5.75 Å². The number of nitrogens with one attached hydrogen (secondary N) is 1. The first-order valence-corrected chi connectivity index (χ1v) is 6.29. The highest BCUT2D eigenvalue weighted by Gasteiger charge is 2.11. The number of aryl methyl sites for hydroxylation is 1. The van der Waals surface area contributed by atoms with Crippen LogP contribution in [0.2, 0.25) is 0 Å². The van der Waals surface area contributed by atoms with E-state index in [9.17, 15) is 14.7 Å². The van der Waals surface area contributed by atoms with Crippen LogP contribution in [-0.2, 0) is 0 Å². The third kappa shape index (κ3) is 3.20. The molecule has 0 aliphatic heterocycles. The minimum Gasteiger partial charge on any atom is -0.545 e. The summed E-state index contributed by atoms with van der Waals surface area (Å²) in [5, 5.41) is 13.8. The molecule has 5 nitrogen and oxygen atoms in total. The van der Waals surface area contributed by atoms with Crippen molar-refractivity contribution in [1.82, 2.24) is 0 Å². The first-order chi connectivity index (χ1) is 10.0. The normalized spacial score (nSPS) is 10.0. The molecule has 0 bridgehead atoms. The standard InChI is InChI=1S/C16H15NO4/c1-10-4-3-5-13(14(10)16(19)20)17-15(18)11-6-8-12(21-2)9-7-11/h3-9H,1-2H3,(H,17,18)(H,19,20)/p-1. The summed E-state index contributed by atoms with van der Waals surface area (Å²) in [6.45, 7) is 1.65. The number of methoxy groups -OCH3 is 1. The van der Waals surface area contributed by atoms with Crippen LogP contribution in [0.15, 0.2) is 42.5 Å². The molecule has 0 spiro atoms. The van der Waals surface area contributed by atoms with E-state index in [-0.39, 0.29) is 11.3 Å². The van der Waals surface area contributed by atoms with E-state index >= 15 is 0 Å². The summed E-state index contributed by atoms with van der Waals surface area (Å²) in [6, 6.07) is 11.4. The molecule has 1 N–H and O–H groups in total. The fraction of sp³-hybridized carbons (Fsp3) is 0.125. The smallest absolute Gasteiger partial charge is 0.255 e. The maximum Gasteiger partial charge on any atom is 0.255 e. The van der Waals surface area contributed by atoms with E-state index in [2.05, 4.69) is 5.32 Å². The molecular formula is C16H14NO4-. The van der Waals surface area contributed by atoms with Crippen molar-refractivity contribution in [1.29, 1.82) is 0 Å². The maximum atomic E-state index is 12.1. The summed E-state index contributed by atoms with van der Waals surface area (Å²) in [4.78, 5) is 23.3. The minimum atomic E-state index is -1.32. The quantitative estimate of drug-likeness (QED) is 0.925. The lowest BCUT2D eigenvalue weighted by Crippen LogP contribution is -2.26. The number of anilines is 1. The van der Waals surface area contributed by atoms with E-state index in [4.69, 9.17) is 4.74 Å². The fourth-order valence-electron chi connectivity index (χ4n) is 1.98. The average molecular weight is 284 g/mol. The SMILES string of the molecule is COc1ccc(C(=O)Nc2cccc(C)c2C(=O)[O-])cc1. The van der Waals surface area contributed by atoms with Gasteiger partial charge in [0.25, 0.3) is 5.91 Å². The van der Waals surface area contributed by atoms with Crippen LogP contribution in [0, 0.1) is 6.92 Å². The number of carboxylic acids is 1. The molecule has 0 aliphatic rings. The molecule has 108 valence electrons. The van der Waals surface area contributed by atoms with Crippen LogP contribution < -0.4 is 15.2 Å². The predicted molar refractivity (Wildman–Crippen MR) is 76.5 cm³/mol. The van der Waals surface area contributed by atoms with Crippen LogP contribution >= 0.6 is 0 Å². The molecule has 0 heterocycles. The lowest BCUT2D eigenvalue weighted by molar-refractivity contribution is -0.254. The zero-order valence-electron chi connectivity index (χ0n) is 11.7. The van der Waals surface area contributed by atoms with Crippen molar-refractivity contribution in [3.05, 3.63) is 59.2 Å². The van der Waals surface area contributed by atoms with Crippen molar-refractivity contribution >= 4 is 17.6 Å². The summed E-state index contributed by atoms with van der Waals surface area (Å²) >= 11 is 0. The number of carbonyl (C=O) groups is 2. The molecule has 0 aromatic heterocycles. The minimum absolute atomic E-state index is 0.0145. The molecular weight excluding hydrogens is 270 g/mol. The number of benzene rings is 2. The summed E-state index contributed by atoms with van der Waals surface area (Å²) in [5.74, 6) is -1.08. The molecule has 1 amide bonds. The van der Waals surface area contributed by atoms with Crippen LogP contribution in [0.4, 0.5) is 5.69 Å². The van der Waals surface area contributed by atoms with Crippen LogP contribution in [0.5, 0.6) is 5.75 Å². The van der Waals surface area contributed by atoms with Gasteiger partial charge < -0.3 is 20.0 Å². The number of rotatable bonds is 4. The Morgan fingerprint density at radius 2 is 1.76 bits per heavy atom. The first-order valence-electron chi connectivity index (χ1n) is 6.29. The number of hydrogen-bond donors (Lipinski definition) is 1. The Labute approximate surface area is 122 Å². The lowest BCUT2D eigenvalue weighted by atomic mass is 10.1. The van der Waals surface area contributed by atoms with E-state index in [1.165, 1.54) is 13.2 Å². The van der Waals surface area contributed by atoms with Gasteiger partial charge in [-0.05, 0) is 42.8 Å². The third-order valence-corrected chi connectivity index (χ3v) is 3.08. The Morgan fingerprint density at radius 1 is 1.10 bits per heavy atom. The van der Waals surface area contributed by atoms with Crippen LogP contribution in [0.3, 0.4) is 0 Å². The van der Waals surface area contributed by atoms with Crippen molar-refractivity contribution in [3.8, 4) is 5.75 Å². The Kier molecular flexibility index (Phi) is 4.23. The molecule has 0 fully saturated rings. The lowest BCUT2D eigenvalue weighted by Gasteiger charge is -2.14. The van der Waals surface area contributed by atoms with E-state index < -0.39 is 11.9 Å². The van der Waals surface area contributed by atoms with Gasteiger partial charge in [-0.3, -0.25) is 4.79 Å². The van der Waals surface area contributed by atoms with E-state index in [1.807, 2.05) is 0 Å². The first kappa shape index (κ1) is 14.6. The van der Waals surface area contributed by atoms with E-state index in [1.54, 1.807) is 43.3 Å². The number of amides is 1. The molecule has 0 atom stereocenters. The van der Waals surface area contributed by atoms with Crippen LogP contribution in [0.25, 0.3) is 0 Å². The van der Waals surface area contributed by atoms with Gasteiger partial charge in [0.2, 0.25) is 0 Å². The molecule has 0 unspecified atom stereocenters. The maximum absolute atomic E-state index is 12.1. The molecule has 2 aromatic rings. The predicted octanol–water partition coefficient (Wildman–Crippen LogP) is 1.62. The highest BCUT2D eigenvalue weighted by atomic mass is 16.5. The second-order valence-electron chi connectivity index (χ2n) is 4.47. The largest absolute Gasteiger partial charge is 0.545 e. The molecule has 0 saturated carbocycles. The molecule has 0 saturated heterocycles. The second kappa shape index (κ2) is 6.09. The number of carboxylic acid groups (broad SMARTS) is 1. The zero-order chi connectivity index (χ0) is 15.4. The molecule has 2 rings (SSSR count). The van der Waals surface area contributed by atoms with Gasteiger partial charge in [-0.25, -0.2) is 0 Å². The molecule has 5 heteroatoms. The molecule has 21 heavy (non-hydrogen) atoms. The van der Waals surface area contributed by atoms with Gasteiger partial charge in [-0.15, -0.1) is 0 Å². The van der Waals surface area contributed by atoms with Crippen molar-refractivity contribution in [3.63, 3.8) is 0 Å². The van der Waals surface area contributed by atoms with Gasteiger partial charge >= 0.3 is 0 Å². The second-order valence-corrected chi connectivity index (χ2v) is 4.47. The van der Waals surface area contributed by atoms with E-state index in [0.29, 0.717) is 16.9 Å². The highest BCUT2D eigenvalue weighted by Crippen LogP contribution is 2.20. The van der Waals surface area contributed by atoms with Crippen LogP contribution in [-0.4, -0.2) is 19.0 Å². The molecule has 0 radical (unpaired) electrons. The summed E-state index contributed by atoms with van der Waals surface area (Å²) in [7, 11) is 1.54. The Morgan fingerprint density at radius 3 is 2.33 bits per heavy atom. The fourth-order valence-corrected chi connectivity index (χ4v) is 1.98. The van der Waals surface area contributed by atoms with Crippen molar-refractivity contribution < 1.29 is 19.4 Å². The Bertz CT molecular complexity index is 677. The summed E-state index contributed by atoms with van der Waals surface area (Å²) in [5.41, 5.74) is 1.14. The number of carbonyl (C=O) groups excluding carboxylic acids is 2. The number of ether oxygens (including phenoxy) is 1. The average Bonchev–Trinajstić information content (AvgIpc) is 2.47. The Hall–Kier alpha value is -2.82. The third-order valence-electron chi connectivity index (χ3n) is 3.08. The van der Waals surface area contributed by atoms with Crippen molar-refractivity contribution in [2.45, 2.75) is 6.92 Å². The summed E-state index contributed by atoms with van der Waals surface area (Å²) in [6.07, 6.45) is 0. The van der Waals surface area contributed by atoms with Gasteiger partial charge in [-0.1, -0.05) is 12.1 Å². The van der Waals surface area contributed by atoms with Crippen molar-refractivity contribution in [2.24, 2.45) is 0 Å². The van der Waals surface area contributed by atoms with Crippen LogP contribution in [0.1, 0.15) is 26.3 Å². The van der Waals surface area contributed by atoms with Gasteiger partial charge in [0, 0.05) is 11.1 Å². The molecule has 0 aliphatic carbocycles. The Balaban J connectivity index is 2.27. The van der Waals surface area contributed by atoms with E-state index in [0.717, 1.165) is 0 Å². The van der Waals surface area contributed by atoms with Gasteiger partial charge in [-0.2, -0.15) is 0 Å². The highest BCUT2D eigenvalue weighted by molar-refractivity contribution is 6.07. The monoisotopic (exact) mass is 284 g/mol. The number of hydrogen-bond acceptors (Lipinski definition) is 4. The van der Waals surface area contributed by atoms with Crippen molar-refractivity contribution in [2.75, 3.05) is 12.4 Å². The molecule has 2 aromatic carbocycles. The zero-order valence-corrected chi connectivity index (χ0v) is 11.7. The van der Waals surface area contributed by atoms with Gasteiger partial charge in [0.05, 0.1) is 18.8 Å². The van der Waals surface area contributed by atoms with Gasteiger partial charge in [0.15, 0.2) is 0 Å². The summed E-state index contributed by atoms with van der Waals surface area (Å²) < 4.78 is 5.02. The number of aromatic carboxylic acids is 1.